The molecule has 2 N–H and O–H groups in total. The lowest BCUT2D eigenvalue weighted by Crippen LogP contribution is -2.22. The number of aryl methyl sites for hydroxylation is 1. The number of nitrogens with one attached hydrogen (secondary N) is 2. The molecule has 7 nitrogen and oxygen atoms in total. The molecule has 0 saturated carbocycles. The molecule has 1 aliphatic heterocycles. The molecule has 0 fully saturated rings. The molecule has 138 valence electrons. The third-order valence-corrected chi connectivity index (χ3v) is 6.20. The number of rotatable bonds is 3. The van der Waals surface area contributed by atoms with Gasteiger partial charge in [-0.25, -0.2) is 14.5 Å². The number of pyridine rings is 1. The smallest absolute Gasteiger partial charge is 0.158 e. The van der Waals surface area contributed by atoms with Gasteiger partial charge in [-0.2, -0.15) is 10.2 Å². The van der Waals surface area contributed by atoms with Crippen LogP contribution in [0.25, 0.3) is 27.6 Å². The largest absolute Gasteiger partial charge is 0.311 e. The van der Waals surface area contributed by atoms with Gasteiger partial charge in [-0.05, 0) is 30.9 Å². The molecule has 1 aliphatic rings. The van der Waals surface area contributed by atoms with Crippen LogP contribution in [0.4, 0.5) is 0 Å². The van der Waals surface area contributed by atoms with Gasteiger partial charge in [-0.3, -0.25) is 5.10 Å². The predicted octanol–water partition coefficient (Wildman–Crippen LogP) is 3.32. The summed E-state index contributed by atoms with van der Waals surface area (Å²) < 4.78 is 1.82. The van der Waals surface area contributed by atoms with E-state index < -0.39 is 0 Å². The van der Waals surface area contributed by atoms with E-state index in [9.17, 15) is 0 Å². The van der Waals surface area contributed by atoms with Gasteiger partial charge in [0.25, 0.3) is 0 Å². The average Bonchev–Trinajstić information content (AvgIpc) is 3.37. The van der Waals surface area contributed by atoms with E-state index in [4.69, 9.17) is 4.98 Å². The Morgan fingerprint density at radius 1 is 1.30 bits per heavy atom. The standard InChI is InChI=1S/C19H21N7S/c1-10(2)15-16(12-6-11(3)18-21-9-22-26(18)8-12)24-25-17(15)19-23-13-7-20-5-4-14(13)27-19/h6,8-10,20H,4-5,7H2,1-3H3,(H,24,25). The Hall–Kier alpha value is -2.58. The van der Waals surface area contributed by atoms with E-state index in [2.05, 4.69) is 52.4 Å². The molecule has 4 aromatic heterocycles. The summed E-state index contributed by atoms with van der Waals surface area (Å²) in [5, 5.41) is 16.7. The highest BCUT2D eigenvalue weighted by molar-refractivity contribution is 7.15. The van der Waals surface area contributed by atoms with Crippen molar-refractivity contribution in [3.05, 3.63) is 40.3 Å². The molecule has 0 spiro atoms. The van der Waals surface area contributed by atoms with E-state index in [1.807, 2.05) is 10.7 Å². The Morgan fingerprint density at radius 3 is 3.00 bits per heavy atom. The van der Waals surface area contributed by atoms with Crippen LogP contribution in [-0.4, -0.2) is 36.3 Å². The minimum atomic E-state index is 0.319. The van der Waals surface area contributed by atoms with Gasteiger partial charge < -0.3 is 5.32 Å². The van der Waals surface area contributed by atoms with Crippen molar-refractivity contribution >= 4 is 17.0 Å². The normalized spacial score (nSPS) is 14.2. The molecule has 0 saturated heterocycles. The van der Waals surface area contributed by atoms with Gasteiger partial charge in [0.2, 0.25) is 0 Å². The summed E-state index contributed by atoms with van der Waals surface area (Å²) >= 11 is 1.79. The van der Waals surface area contributed by atoms with Gasteiger partial charge >= 0.3 is 0 Å². The van der Waals surface area contributed by atoms with Crippen LogP contribution in [0, 0.1) is 6.92 Å². The minimum absolute atomic E-state index is 0.319. The number of hydrogen-bond acceptors (Lipinski definition) is 6. The lowest BCUT2D eigenvalue weighted by Gasteiger charge is -2.09. The number of H-pyrrole nitrogens is 1. The molecule has 5 rings (SSSR count). The van der Waals surface area contributed by atoms with E-state index in [-0.39, 0.29) is 0 Å². The fourth-order valence-corrected chi connectivity index (χ4v) is 4.84. The van der Waals surface area contributed by atoms with Crippen molar-refractivity contribution in [3.8, 4) is 22.0 Å². The Bertz CT molecular complexity index is 1110. The van der Waals surface area contributed by atoms with Crippen molar-refractivity contribution in [3.63, 3.8) is 0 Å². The highest BCUT2D eigenvalue weighted by atomic mass is 32.1. The molecule has 0 aromatic carbocycles. The number of nitrogens with zero attached hydrogens (tertiary/aromatic N) is 5. The van der Waals surface area contributed by atoms with E-state index in [1.54, 1.807) is 17.7 Å². The lowest BCUT2D eigenvalue weighted by atomic mass is 9.97. The first-order chi connectivity index (χ1) is 13.1. The Labute approximate surface area is 160 Å². The third-order valence-electron chi connectivity index (χ3n) is 5.03. The number of aromatic nitrogens is 6. The van der Waals surface area contributed by atoms with Gasteiger partial charge in [-0.1, -0.05) is 13.8 Å². The van der Waals surface area contributed by atoms with Crippen molar-refractivity contribution in [2.45, 2.75) is 39.7 Å². The summed E-state index contributed by atoms with van der Waals surface area (Å²) in [6.07, 6.45) is 4.63. The van der Waals surface area contributed by atoms with Gasteiger partial charge in [-0.15, -0.1) is 11.3 Å². The number of aromatic amines is 1. The van der Waals surface area contributed by atoms with Gasteiger partial charge in [0, 0.05) is 35.3 Å². The first-order valence-electron chi connectivity index (χ1n) is 9.20. The summed E-state index contributed by atoms with van der Waals surface area (Å²) in [5.74, 6) is 0.319. The van der Waals surface area contributed by atoms with Crippen LogP contribution in [-0.2, 0) is 13.0 Å². The van der Waals surface area contributed by atoms with E-state index >= 15 is 0 Å². The maximum atomic E-state index is 4.89. The quantitative estimate of drug-likeness (QED) is 0.570. The molecule has 0 aliphatic carbocycles. The average molecular weight is 379 g/mol. The highest BCUT2D eigenvalue weighted by Crippen LogP contribution is 2.38. The molecular formula is C19H21N7S. The highest BCUT2D eigenvalue weighted by Gasteiger charge is 2.24. The fourth-order valence-electron chi connectivity index (χ4n) is 3.75. The van der Waals surface area contributed by atoms with Crippen LogP contribution in [0.5, 0.6) is 0 Å². The molecule has 0 amide bonds. The van der Waals surface area contributed by atoms with Crippen molar-refractivity contribution in [1.29, 1.82) is 0 Å². The molecule has 0 unspecified atom stereocenters. The van der Waals surface area contributed by atoms with Crippen LogP contribution in [0.1, 0.15) is 41.5 Å². The fraction of sp³-hybridized carbons (Fsp3) is 0.368. The molecule has 0 atom stereocenters. The molecule has 27 heavy (non-hydrogen) atoms. The first kappa shape index (κ1) is 16.6. The van der Waals surface area contributed by atoms with Crippen molar-refractivity contribution in [2.75, 3.05) is 6.54 Å². The molecule has 0 radical (unpaired) electrons. The second kappa shape index (κ2) is 6.24. The van der Waals surface area contributed by atoms with E-state index in [0.717, 1.165) is 52.7 Å². The third kappa shape index (κ3) is 2.67. The maximum Gasteiger partial charge on any atom is 0.158 e. The molecule has 0 bridgehead atoms. The van der Waals surface area contributed by atoms with Gasteiger partial charge in [0.05, 0.1) is 17.1 Å². The predicted molar refractivity (Wildman–Crippen MR) is 106 cm³/mol. The summed E-state index contributed by atoms with van der Waals surface area (Å²) in [5.41, 5.74) is 7.38. The Kier molecular flexibility index (Phi) is 3.84. The topological polar surface area (TPSA) is 83.8 Å². The van der Waals surface area contributed by atoms with Crippen molar-refractivity contribution in [1.82, 2.24) is 35.1 Å². The lowest BCUT2D eigenvalue weighted by molar-refractivity contribution is 0.639. The zero-order valence-corrected chi connectivity index (χ0v) is 16.4. The maximum absolute atomic E-state index is 4.89. The molecule has 8 heteroatoms. The zero-order valence-electron chi connectivity index (χ0n) is 15.6. The monoisotopic (exact) mass is 379 g/mol. The summed E-state index contributed by atoms with van der Waals surface area (Å²) in [6.45, 7) is 8.34. The first-order valence-corrected chi connectivity index (χ1v) is 10.0. The van der Waals surface area contributed by atoms with E-state index in [0.29, 0.717) is 5.92 Å². The van der Waals surface area contributed by atoms with Crippen LogP contribution in [0.15, 0.2) is 18.6 Å². The Morgan fingerprint density at radius 2 is 2.19 bits per heavy atom. The van der Waals surface area contributed by atoms with Crippen LogP contribution in [0.2, 0.25) is 0 Å². The molecule has 4 aromatic rings. The Balaban J connectivity index is 1.66. The number of hydrogen-bond donors (Lipinski definition) is 2. The zero-order chi connectivity index (χ0) is 18.5. The summed E-state index contributed by atoms with van der Waals surface area (Å²) in [4.78, 5) is 10.6. The number of thiazole rings is 1. The van der Waals surface area contributed by atoms with Crippen LogP contribution >= 0.6 is 11.3 Å². The second-order valence-electron chi connectivity index (χ2n) is 7.27. The van der Waals surface area contributed by atoms with Crippen molar-refractivity contribution in [2.24, 2.45) is 0 Å². The molecular weight excluding hydrogens is 358 g/mol. The van der Waals surface area contributed by atoms with Gasteiger partial charge in [0.1, 0.15) is 11.3 Å². The second-order valence-corrected chi connectivity index (χ2v) is 8.35. The van der Waals surface area contributed by atoms with E-state index in [1.165, 1.54) is 16.1 Å². The number of fused-ring (bicyclic) bond motifs is 2. The summed E-state index contributed by atoms with van der Waals surface area (Å²) in [7, 11) is 0. The van der Waals surface area contributed by atoms with Gasteiger partial charge in [0.15, 0.2) is 5.65 Å². The van der Waals surface area contributed by atoms with Crippen LogP contribution < -0.4 is 5.32 Å². The van der Waals surface area contributed by atoms with Crippen LogP contribution in [0.3, 0.4) is 0 Å². The van der Waals surface area contributed by atoms with Crippen molar-refractivity contribution < 1.29 is 0 Å². The SMILES string of the molecule is Cc1cc(-c2n[nH]c(-c3nc4c(s3)CCNC4)c2C(C)C)cn2ncnc12. The molecule has 5 heterocycles. The minimum Gasteiger partial charge on any atom is -0.311 e. The summed E-state index contributed by atoms with van der Waals surface area (Å²) in [6, 6.07) is 2.13.